The van der Waals surface area contributed by atoms with Crippen LogP contribution in [-0.2, 0) is 17.9 Å². The van der Waals surface area contributed by atoms with E-state index in [1.165, 1.54) is 0 Å². The number of amides is 1. The molecule has 3 rings (SSSR count). The molecule has 0 spiro atoms. The number of nitrogens with two attached hydrogens (primary N) is 1. The first-order chi connectivity index (χ1) is 11.6. The van der Waals surface area contributed by atoms with Crippen LogP contribution in [-0.4, -0.2) is 16.9 Å². The number of hydrogen-bond donors (Lipinski definition) is 3. The average Bonchev–Trinajstić information content (AvgIpc) is 3.06. The third kappa shape index (κ3) is 3.94. The van der Waals surface area contributed by atoms with Crippen LogP contribution < -0.4 is 15.8 Å². The number of aromatic amines is 1. The van der Waals surface area contributed by atoms with Gasteiger partial charge < -0.3 is 20.8 Å². The van der Waals surface area contributed by atoms with Crippen molar-refractivity contribution in [3.8, 4) is 5.75 Å². The van der Waals surface area contributed by atoms with E-state index in [0.29, 0.717) is 13.2 Å². The summed E-state index contributed by atoms with van der Waals surface area (Å²) in [5, 5.41) is 4.23. The van der Waals surface area contributed by atoms with Crippen molar-refractivity contribution >= 4 is 16.8 Å². The largest absolute Gasteiger partial charge is 0.489 e. The molecule has 24 heavy (non-hydrogen) atoms. The van der Waals surface area contributed by atoms with E-state index in [-0.39, 0.29) is 11.9 Å². The van der Waals surface area contributed by atoms with Gasteiger partial charge in [0.25, 0.3) is 0 Å². The van der Waals surface area contributed by atoms with E-state index >= 15 is 0 Å². The number of aromatic nitrogens is 1. The first-order valence-electron chi connectivity index (χ1n) is 7.92. The molecule has 0 aliphatic carbocycles. The number of primary amides is 1. The summed E-state index contributed by atoms with van der Waals surface area (Å²) in [6.07, 6.45) is 1.91. The standard InChI is InChI=1S/C19H21N3O2/c1-13(19(20)23)22-11-14-3-2-4-15(9-14)12-24-17-5-6-18-16(10-17)7-8-21-18/h2-10,13,21-22H,11-12H2,1H3,(H2,20,23)/t13-/m1/s1. The smallest absolute Gasteiger partial charge is 0.234 e. The number of H-pyrrole nitrogens is 1. The maximum atomic E-state index is 11.1. The minimum atomic E-state index is -0.352. The lowest BCUT2D eigenvalue weighted by Gasteiger charge is -2.11. The first-order valence-corrected chi connectivity index (χ1v) is 7.92. The molecule has 1 amide bonds. The highest BCUT2D eigenvalue weighted by atomic mass is 16.5. The molecule has 5 heteroatoms. The van der Waals surface area contributed by atoms with Crippen LogP contribution in [0.1, 0.15) is 18.1 Å². The van der Waals surface area contributed by atoms with Crippen LogP contribution in [0, 0.1) is 0 Å². The van der Waals surface area contributed by atoms with Crippen molar-refractivity contribution in [2.45, 2.75) is 26.1 Å². The molecule has 0 bridgehead atoms. The van der Waals surface area contributed by atoms with Crippen LogP contribution >= 0.6 is 0 Å². The van der Waals surface area contributed by atoms with Crippen LogP contribution in [0.2, 0.25) is 0 Å². The lowest BCUT2D eigenvalue weighted by Crippen LogP contribution is -2.38. The molecular weight excluding hydrogens is 302 g/mol. The monoisotopic (exact) mass is 323 g/mol. The third-order valence-electron chi connectivity index (χ3n) is 3.96. The molecule has 0 aliphatic rings. The van der Waals surface area contributed by atoms with E-state index in [1.54, 1.807) is 6.92 Å². The normalized spacial score (nSPS) is 12.2. The van der Waals surface area contributed by atoms with Gasteiger partial charge in [-0.15, -0.1) is 0 Å². The molecule has 1 heterocycles. The fourth-order valence-electron chi connectivity index (χ4n) is 2.49. The molecule has 0 aliphatic heterocycles. The Labute approximate surface area is 140 Å². The van der Waals surface area contributed by atoms with Crippen LogP contribution in [0.25, 0.3) is 10.9 Å². The summed E-state index contributed by atoms with van der Waals surface area (Å²) in [5.41, 5.74) is 8.51. The molecule has 124 valence electrons. The second-order valence-electron chi connectivity index (χ2n) is 5.84. The Morgan fingerprint density at radius 3 is 2.88 bits per heavy atom. The SMILES string of the molecule is C[C@@H](NCc1cccc(COc2ccc3[nH]ccc3c2)c1)C(N)=O. The number of nitrogens with one attached hydrogen (secondary N) is 2. The van der Waals surface area contributed by atoms with Crippen molar-refractivity contribution in [2.24, 2.45) is 5.73 Å². The minimum absolute atomic E-state index is 0.349. The Morgan fingerprint density at radius 1 is 1.21 bits per heavy atom. The summed E-state index contributed by atoms with van der Waals surface area (Å²) in [5.74, 6) is 0.489. The van der Waals surface area contributed by atoms with Crippen molar-refractivity contribution in [3.63, 3.8) is 0 Å². The topological polar surface area (TPSA) is 80.1 Å². The zero-order chi connectivity index (χ0) is 16.9. The summed E-state index contributed by atoms with van der Waals surface area (Å²) in [6.45, 7) is 2.84. The van der Waals surface area contributed by atoms with Crippen LogP contribution in [0.5, 0.6) is 5.75 Å². The van der Waals surface area contributed by atoms with Gasteiger partial charge in [-0.25, -0.2) is 0 Å². The molecule has 0 saturated heterocycles. The summed E-state index contributed by atoms with van der Waals surface area (Å²) in [4.78, 5) is 14.2. The van der Waals surface area contributed by atoms with Gasteiger partial charge in [-0.05, 0) is 42.3 Å². The maximum absolute atomic E-state index is 11.1. The number of rotatable bonds is 7. The average molecular weight is 323 g/mol. The van der Waals surface area contributed by atoms with Gasteiger partial charge in [0, 0.05) is 23.6 Å². The van der Waals surface area contributed by atoms with Crippen LogP contribution in [0.15, 0.2) is 54.7 Å². The molecule has 4 N–H and O–H groups in total. The van der Waals surface area contributed by atoms with Crippen molar-refractivity contribution in [1.82, 2.24) is 10.3 Å². The Hall–Kier alpha value is -2.79. The van der Waals surface area contributed by atoms with Crippen molar-refractivity contribution < 1.29 is 9.53 Å². The summed E-state index contributed by atoms with van der Waals surface area (Å²) in [7, 11) is 0. The Balaban J connectivity index is 1.60. The predicted octanol–water partition coefficient (Wildman–Crippen LogP) is 2.71. The molecule has 1 atom stereocenters. The Bertz CT molecular complexity index is 841. The number of fused-ring (bicyclic) bond motifs is 1. The molecule has 5 nitrogen and oxygen atoms in total. The number of benzene rings is 2. The van der Waals surface area contributed by atoms with Gasteiger partial charge in [0.2, 0.25) is 5.91 Å². The van der Waals surface area contributed by atoms with E-state index in [0.717, 1.165) is 27.8 Å². The van der Waals surface area contributed by atoms with Gasteiger partial charge >= 0.3 is 0 Å². The van der Waals surface area contributed by atoms with E-state index < -0.39 is 0 Å². The molecule has 2 aromatic carbocycles. The third-order valence-corrected chi connectivity index (χ3v) is 3.96. The lowest BCUT2D eigenvalue weighted by molar-refractivity contribution is -0.119. The van der Waals surface area contributed by atoms with E-state index in [2.05, 4.69) is 16.4 Å². The Morgan fingerprint density at radius 2 is 2.04 bits per heavy atom. The number of hydrogen-bond acceptors (Lipinski definition) is 3. The van der Waals surface area contributed by atoms with Gasteiger partial charge in [0.05, 0.1) is 6.04 Å². The van der Waals surface area contributed by atoms with Crippen LogP contribution in [0.4, 0.5) is 0 Å². The second kappa shape index (κ2) is 7.19. The number of carbonyl (C=O) groups excluding carboxylic acids is 1. The fraction of sp³-hybridized carbons (Fsp3) is 0.211. The Kier molecular flexibility index (Phi) is 4.82. The van der Waals surface area contributed by atoms with Crippen molar-refractivity contribution in [1.29, 1.82) is 0 Å². The number of carbonyl (C=O) groups is 1. The highest BCUT2D eigenvalue weighted by Crippen LogP contribution is 2.20. The highest BCUT2D eigenvalue weighted by molar-refractivity contribution is 5.80. The molecule has 0 saturated carbocycles. The molecular formula is C19H21N3O2. The molecule has 0 unspecified atom stereocenters. The summed E-state index contributed by atoms with van der Waals surface area (Å²) >= 11 is 0. The number of ether oxygens (including phenoxy) is 1. The summed E-state index contributed by atoms with van der Waals surface area (Å²) < 4.78 is 5.88. The van der Waals surface area contributed by atoms with Crippen molar-refractivity contribution in [2.75, 3.05) is 0 Å². The quantitative estimate of drug-likeness (QED) is 0.625. The maximum Gasteiger partial charge on any atom is 0.234 e. The van der Waals surface area contributed by atoms with Crippen LogP contribution in [0.3, 0.4) is 0 Å². The van der Waals surface area contributed by atoms with Crippen molar-refractivity contribution in [3.05, 3.63) is 65.9 Å². The van der Waals surface area contributed by atoms with E-state index in [1.807, 2.05) is 48.7 Å². The predicted molar refractivity (Wildman–Crippen MR) is 94.6 cm³/mol. The summed E-state index contributed by atoms with van der Waals surface area (Å²) in [6, 6.07) is 15.7. The molecule has 3 aromatic rings. The van der Waals surface area contributed by atoms with Gasteiger partial charge in [0.15, 0.2) is 0 Å². The zero-order valence-electron chi connectivity index (χ0n) is 13.6. The molecule has 0 radical (unpaired) electrons. The lowest BCUT2D eigenvalue weighted by atomic mass is 10.1. The van der Waals surface area contributed by atoms with E-state index in [4.69, 9.17) is 10.5 Å². The van der Waals surface area contributed by atoms with E-state index in [9.17, 15) is 4.79 Å². The zero-order valence-corrected chi connectivity index (χ0v) is 13.6. The molecule has 0 fully saturated rings. The van der Waals surface area contributed by atoms with Gasteiger partial charge in [0.1, 0.15) is 12.4 Å². The van der Waals surface area contributed by atoms with Gasteiger partial charge in [-0.3, -0.25) is 4.79 Å². The fourth-order valence-corrected chi connectivity index (χ4v) is 2.49. The minimum Gasteiger partial charge on any atom is -0.489 e. The van der Waals surface area contributed by atoms with Gasteiger partial charge in [-0.1, -0.05) is 24.3 Å². The second-order valence-corrected chi connectivity index (χ2v) is 5.84. The molecule has 1 aromatic heterocycles. The van der Waals surface area contributed by atoms with Gasteiger partial charge in [-0.2, -0.15) is 0 Å². The first kappa shape index (κ1) is 16.1. The highest BCUT2D eigenvalue weighted by Gasteiger charge is 2.07.